The van der Waals surface area contributed by atoms with Gasteiger partial charge in [0, 0.05) is 5.92 Å². The number of thiophene rings is 1. The molecule has 0 saturated carbocycles. The van der Waals surface area contributed by atoms with Gasteiger partial charge in [0.05, 0.1) is 17.4 Å². The Morgan fingerprint density at radius 3 is 2.81 bits per heavy atom. The first-order valence-corrected chi connectivity index (χ1v) is 7.47. The van der Waals surface area contributed by atoms with Crippen LogP contribution in [0.4, 0.5) is 0 Å². The minimum absolute atomic E-state index is 0.160. The molecule has 0 unspecified atom stereocenters. The number of carbonyl (C=O) groups is 1. The van der Waals surface area contributed by atoms with Gasteiger partial charge in [-0.3, -0.25) is 4.79 Å². The van der Waals surface area contributed by atoms with Crippen molar-refractivity contribution >= 4 is 28.3 Å². The fourth-order valence-electron chi connectivity index (χ4n) is 2.73. The summed E-state index contributed by atoms with van der Waals surface area (Å²) in [5.41, 5.74) is 1.37. The topological polar surface area (TPSA) is 56.5 Å². The van der Waals surface area contributed by atoms with Gasteiger partial charge >= 0.3 is 11.6 Å². The fraction of sp³-hybridized carbons (Fsp3) is 0.125. The first kappa shape index (κ1) is 12.3. The second-order valence-corrected chi connectivity index (χ2v) is 5.70. The number of ether oxygens (including phenoxy) is 1. The van der Waals surface area contributed by atoms with Crippen molar-refractivity contribution in [3.8, 4) is 5.75 Å². The molecule has 0 bridgehead atoms. The maximum absolute atomic E-state index is 12.3. The molecule has 104 valence electrons. The third-order valence-corrected chi connectivity index (χ3v) is 4.38. The van der Waals surface area contributed by atoms with E-state index in [0.29, 0.717) is 22.3 Å². The molecule has 4 rings (SSSR count). The Labute approximate surface area is 123 Å². The van der Waals surface area contributed by atoms with Crippen molar-refractivity contribution in [2.75, 3.05) is 0 Å². The molecule has 0 fully saturated rings. The number of benzene rings is 1. The summed E-state index contributed by atoms with van der Waals surface area (Å²) in [4.78, 5) is 24.3. The molecule has 0 spiro atoms. The number of esters is 1. The van der Waals surface area contributed by atoms with Crippen LogP contribution in [0.1, 0.15) is 23.5 Å². The summed E-state index contributed by atoms with van der Waals surface area (Å²) in [6.45, 7) is 0. The predicted molar refractivity (Wildman–Crippen MR) is 78.9 cm³/mol. The lowest BCUT2D eigenvalue weighted by Crippen LogP contribution is -2.26. The fourth-order valence-corrected chi connectivity index (χ4v) is 3.44. The smallest absolute Gasteiger partial charge is 0.343 e. The van der Waals surface area contributed by atoms with E-state index in [0.717, 1.165) is 5.56 Å². The number of rotatable bonds is 1. The Balaban J connectivity index is 2.06. The SMILES string of the molecule is O=C1C[C@H](c2ccsc2)c2c(c3ccccc3oc2=O)O1. The highest BCUT2D eigenvalue weighted by Gasteiger charge is 2.33. The van der Waals surface area contributed by atoms with Crippen molar-refractivity contribution < 1.29 is 13.9 Å². The van der Waals surface area contributed by atoms with Crippen molar-refractivity contribution in [2.45, 2.75) is 12.3 Å². The number of hydrogen-bond acceptors (Lipinski definition) is 5. The lowest BCUT2D eigenvalue weighted by molar-refractivity contribution is -0.135. The predicted octanol–water partition coefficient (Wildman–Crippen LogP) is 3.30. The van der Waals surface area contributed by atoms with Crippen molar-refractivity contribution in [3.63, 3.8) is 0 Å². The minimum atomic E-state index is -0.438. The van der Waals surface area contributed by atoms with E-state index in [4.69, 9.17) is 9.15 Å². The highest BCUT2D eigenvalue weighted by Crippen LogP contribution is 2.40. The Hall–Kier alpha value is -2.40. The van der Waals surface area contributed by atoms with E-state index in [2.05, 4.69) is 0 Å². The molecule has 1 aromatic carbocycles. The van der Waals surface area contributed by atoms with Crippen LogP contribution >= 0.6 is 11.3 Å². The standard InChI is InChI=1S/C16H10O4S/c17-13-7-11(9-5-6-21-8-9)14-15(20-13)10-3-1-2-4-12(10)19-16(14)18/h1-6,8,11H,7H2/t11-/m1/s1. The molecule has 2 aromatic heterocycles. The molecule has 21 heavy (non-hydrogen) atoms. The van der Waals surface area contributed by atoms with Gasteiger partial charge in [-0.05, 0) is 34.5 Å². The average Bonchev–Trinajstić information content (AvgIpc) is 3.00. The monoisotopic (exact) mass is 298 g/mol. The molecule has 0 radical (unpaired) electrons. The molecule has 1 aliphatic heterocycles. The highest BCUT2D eigenvalue weighted by atomic mass is 32.1. The molecule has 4 nitrogen and oxygen atoms in total. The molecule has 3 heterocycles. The van der Waals surface area contributed by atoms with E-state index in [1.807, 2.05) is 22.9 Å². The minimum Gasteiger partial charge on any atom is -0.425 e. The Morgan fingerprint density at radius 2 is 2.00 bits per heavy atom. The first-order chi connectivity index (χ1) is 10.2. The van der Waals surface area contributed by atoms with Crippen LogP contribution in [0.3, 0.4) is 0 Å². The van der Waals surface area contributed by atoms with Gasteiger partial charge in [-0.1, -0.05) is 12.1 Å². The van der Waals surface area contributed by atoms with Crippen LogP contribution in [0.5, 0.6) is 5.75 Å². The number of para-hydroxylation sites is 1. The Morgan fingerprint density at radius 1 is 1.14 bits per heavy atom. The average molecular weight is 298 g/mol. The van der Waals surface area contributed by atoms with Gasteiger partial charge in [-0.25, -0.2) is 4.79 Å². The van der Waals surface area contributed by atoms with E-state index in [1.54, 1.807) is 18.2 Å². The van der Waals surface area contributed by atoms with Gasteiger partial charge < -0.3 is 9.15 Å². The Bertz CT molecular complexity index is 892. The van der Waals surface area contributed by atoms with Crippen molar-refractivity contribution in [2.24, 2.45) is 0 Å². The molecule has 0 saturated heterocycles. The normalized spacial score (nSPS) is 17.5. The lowest BCUT2D eigenvalue weighted by Gasteiger charge is -2.23. The molecule has 0 aliphatic carbocycles. The van der Waals surface area contributed by atoms with Crippen LogP contribution in [0, 0.1) is 0 Å². The Kier molecular flexibility index (Phi) is 2.68. The maximum Gasteiger partial charge on any atom is 0.343 e. The molecular weight excluding hydrogens is 288 g/mol. The quantitative estimate of drug-likeness (QED) is 0.511. The largest absolute Gasteiger partial charge is 0.425 e. The summed E-state index contributed by atoms with van der Waals surface area (Å²) in [6, 6.07) is 9.01. The summed E-state index contributed by atoms with van der Waals surface area (Å²) < 4.78 is 10.7. The van der Waals surface area contributed by atoms with E-state index < -0.39 is 5.63 Å². The zero-order valence-electron chi connectivity index (χ0n) is 10.9. The van der Waals surface area contributed by atoms with Gasteiger partial charge in [-0.15, -0.1) is 0 Å². The second kappa shape index (κ2) is 4.56. The van der Waals surface area contributed by atoms with E-state index in [-0.39, 0.29) is 18.3 Å². The van der Waals surface area contributed by atoms with Crippen LogP contribution in [-0.2, 0) is 4.79 Å². The van der Waals surface area contributed by atoms with Gasteiger partial charge in [0.1, 0.15) is 5.58 Å². The highest BCUT2D eigenvalue weighted by molar-refractivity contribution is 7.08. The van der Waals surface area contributed by atoms with Crippen molar-refractivity contribution in [1.82, 2.24) is 0 Å². The molecule has 1 atom stereocenters. The number of carbonyl (C=O) groups excluding carboxylic acids is 1. The molecule has 3 aromatic rings. The zero-order valence-corrected chi connectivity index (χ0v) is 11.7. The molecule has 0 N–H and O–H groups in total. The van der Waals surface area contributed by atoms with E-state index >= 15 is 0 Å². The van der Waals surface area contributed by atoms with Gasteiger partial charge in [0.25, 0.3) is 0 Å². The van der Waals surface area contributed by atoms with Crippen LogP contribution < -0.4 is 10.4 Å². The van der Waals surface area contributed by atoms with Crippen LogP contribution in [0.25, 0.3) is 11.0 Å². The number of hydrogen-bond donors (Lipinski definition) is 0. The molecule has 5 heteroatoms. The molecular formula is C16H10O4S. The molecule has 0 amide bonds. The van der Waals surface area contributed by atoms with Gasteiger partial charge in [0.2, 0.25) is 0 Å². The summed E-state index contributed by atoms with van der Waals surface area (Å²) in [6.07, 6.45) is 0.160. The van der Waals surface area contributed by atoms with Crippen LogP contribution in [0.15, 0.2) is 50.3 Å². The third kappa shape index (κ3) is 1.89. The second-order valence-electron chi connectivity index (χ2n) is 4.92. The summed E-state index contributed by atoms with van der Waals surface area (Å²) in [5.74, 6) is -0.280. The summed E-state index contributed by atoms with van der Waals surface area (Å²) in [7, 11) is 0. The van der Waals surface area contributed by atoms with Crippen molar-refractivity contribution in [1.29, 1.82) is 0 Å². The number of fused-ring (bicyclic) bond motifs is 3. The van der Waals surface area contributed by atoms with Crippen LogP contribution in [-0.4, -0.2) is 5.97 Å². The lowest BCUT2D eigenvalue weighted by atomic mass is 9.88. The van der Waals surface area contributed by atoms with Crippen LogP contribution in [0.2, 0.25) is 0 Å². The van der Waals surface area contributed by atoms with Gasteiger partial charge in [-0.2, -0.15) is 11.3 Å². The molecule has 1 aliphatic rings. The van der Waals surface area contributed by atoms with Gasteiger partial charge in [0.15, 0.2) is 5.75 Å². The van der Waals surface area contributed by atoms with E-state index in [1.165, 1.54) is 11.3 Å². The zero-order chi connectivity index (χ0) is 14.4. The third-order valence-electron chi connectivity index (χ3n) is 3.68. The summed E-state index contributed by atoms with van der Waals surface area (Å²) >= 11 is 1.53. The van der Waals surface area contributed by atoms with Crippen molar-refractivity contribution in [3.05, 3.63) is 62.6 Å². The van der Waals surface area contributed by atoms with E-state index in [9.17, 15) is 9.59 Å². The summed E-state index contributed by atoms with van der Waals surface area (Å²) in [5, 5.41) is 4.53. The first-order valence-electron chi connectivity index (χ1n) is 6.52. The maximum atomic E-state index is 12.3.